The van der Waals surface area contributed by atoms with Crippen molar-refractivity contribution in [2.24, 2.45) is 0 Å². The Morgan fingerprint density at radius 2 is 2.00 bits per heavy atom. The molecule has 0 bridgehead atoms. The van der Waals surface area contributed by atoms with Crippen LogP contribution in [-0.2, 0) is 6.54 Å². The molecule has 19 heavy (non-hydrogen) atoms. The normalized spacial score (nSPS) is 24.7. The van der Waals surface area contributed by atoms with E-state index < -0.39 is 0 Å². The van der Waals surface area contributed by atoms with Gasteiger partial charge in [-0.15, -0.1) is 0 Å². The second-order valence-corrected chi connectivity index (χ2v) is 6.06. The summed E-state index contributed by atoms with van der Waals surface area (Å²) in [4.78, 5) is 5.00. The molecular weight excluding hydrogens is 234 g/mol. The van der Waals surface area contributed by atoms with E-state index in [-0.39, 0.29) is 0 Å². The minimum Gasteiger partial charge on any atom is -0.368 e. The minimum atomic E-state index is 0.637. The van der Waals surface area contributed by atoms with Crippen LogP contribution < -0.4 is 10.2 Å². The summed E-state index contributed by atoms with van der Waals surface area (Å²) in [6.45, 7) is 6.77. The highest BCUT2D eigenvalue weighted by molar-refractivity contribution is 5.54. The Kier molecular flexibility index (Phi) is 3.76. The van der Waals surface area contributed by atoms with Crippen molar-refractivity contribution in [3.8, 4) is 0 Å². The van der Waals surface area contributed by atoms with Gasteiger partial charge in [0, 0.05) is 44.0 Å². The van der Waals surface area contributed by atoms with Crippen LogP contribution in [0.5, 0.6) is 0 Å². The molecule has 0 amide bonds. The van der Waals surface area contributed by atoms with E-state index in [2.05, 4.69) is 53.4 Å². The van der Waals surface area contributed by atoms with E-state index in [4.69, 9.17) is 0 Å². The Morgan fingerprint density at radius 1 is 1.21 bits per heavy atom. The van der Waals surface area contributed by atoms with Crippen molar-refractivity contribution in [3.63, 3.8) is 0 Å². The van der Waals surface area contributed by atoms with E-state index in [9.17, 15) is 0 Å². The molecule has 1 heterocycles. The lowest BCUT2D eigenvalue weighted by Gasteiger charge is -2.39. The number of anilines is 1. The summed E-state index contributed by atoms with van der Waals surface area (Å²) in [5.41, 5.74) is 2.88. The standard InChI is InChI=1S/C16H25N3/c1-13-12-19(10-9-18(13)2)16-6-4-3-5-14(16)11-17-15-7-8-15/h3-6,13,15,17H,7-12H2,1-2H3. The van der Waals surface area contributed by atoms with Crippen molar-refractivity contribution in [2.75, 3.05) is 31.6 Å². The third-order valence-electron chi connectivity index (χ3n) is 4.45. The first kappa shape index (κ1) is 12.9. The Labute approximate surface area is 116 Å². The monoisotopic (exact) mass is 259 g/mol. The molecule has 0 radical (unpaired) electrons. The average molecular weight is 259 g/mol. The van der Waals surface area contributed by atoms with Gasteiger partial charge in [-0.25, -0.2) is 0 Å². The number of nitrogens with one attached hydrogen (secondary N) is 1. The Balaban J connectivity index is 1.71. The summed E-state index contributed by atoms with van der Waals surface area (Å²) in [6.07, 6.45) is 2.71. The Morgan fingerprint density at radius 3 is 2.74 bits per heavy atom. The van der Waals surface area contributed by atoms with E-state index in [0.29, 0.717) is 6.04 Å². The molecule has 3 nitrogen and oxygen atoms in total. The predicted molar refractivity (Wildman–Crippen MR) is 80.6 cm³/mol. The lowest BCUT2D eigenvalue weighted by Crippen LogP contribution is -2.50. The molecule has 3 rings (SSSR count). The van der Waals surface area contributed by atoms with Crippen LogP contribution in [0.15, 0.2) is 24.3 Å². The fourth-order valence-corrected chi connectivity index (χ4v) is 2.78. The van der Waals surface area contributed by atoms with Crippen LogP contribution in [0.1, 0.15) is 25.3 Å². The molecule has 0 spiro atoms. The molecule has 1 saturated carbocycles. The SMILES string of the molecule is CC1CN(c2ccccc2CNC2CC2)CCN1C. The smallest absolute Gasteiger partial charge is 0.0412 e. The molecule has 1 aromatic rings. The summed E-state index contributed by atoms with van der Waals surface area (Å²) < 4.78 is 0. The summed E-state index contributed by atoms with van der Waals surface area (Å²) in [6, 6.07) is 10.3. The molecule has 1 aliphatic heterocycles. The van der Waals surface area contributed by atoms with Gasteiger partial charge in [0.2, 0.25) is 0 Å². The van der Waals surface area contributed by atoms with Crippen molar-refractivity contribution in [2.45, 2.75) is 38.4 Å². The topological polar surface area (TPSA) is 18.5 Å². The second kappa shape index (κ2) is 5.51. The number of likely N-dealkylation sites (N-methyl/N-ethyl adjacent to an activating group) is 1. The van der Waals surface area contributed by atoms with Crippen molar-refractivity contribution >= 4 is 5.69 Å². The Bertz CT molecular complexity index is 428. The van der Waals surface area contributed by atoms with Gasteiger partial charge in [-0.05, 0) is 38.4 Å². The fourth-order valence-electron chi connectivity index (χ4n) is 2.78. The van der Waals surface area contributed by atoms with Crippen molar-refractivity contribution in [1.29, 1.82) is 0 Å². The van der Waals surface area contributed by atoms with Crippen LogP contribution >= 0.6 is 0 Å². The summed E-state index contributed by atoms with van der Waals surface area (Å²) >= 11 is 0. The molecule has 1 aliphatic carbocycles. The largest absolute Gasteiger partial charge is 0.368 e. The van der Waals surface area contributed by atoms with E-state index in [0.717, 1.165) is 32.2 Å². The molecule has 2 fully saturated rings. The molecular formula is C16H25N3. The predicted octanol–water partition coefficient (Wildman–Crippen LogP) is 2.08. The minimum absolute atomic E-state index is 0.637. The molecule has 1 unspecified atom stereocenters. The number of nitrogens with zero attached hydrogens (tertiary/aromatic N) is 2. The molecule has 1 aromatic carbocycles. The quantitative estimate of drug-likeness (QED) is 0.893. The van der Waals surface area contributed by atoms with Gasteiger partial charge in [-0.1, -0.05) is 18.2 Å². The molecule has 3 heteroatoms. The van der Waals surface area contributed by atoms with Crippen LogP contribution in [0.4, 0.5) is 5.69 Å². The number of hydrogen-bond acceptors (Lipinski definition) is 3. The van der Waals surface area contributed by atoms with Crippen LogP contribution in [0.25, 0.3) is 0 Å². The van der Waals surface area contributed by atoms with Gasteiger partial charge in [0.25, 0.3) is 0 Å². The van der Waals surface area contributed by atoms with Crippen molar-refractivity contribution < 1.29 is 0 Å². The van der Waals surface area contributed by atoms with E-state index >= 15 is 0 Å². The first-order chi connectivity index (χ1) is 9.24. The van der Waals surface area contributed by atoms with Crippen LogP contribution in [0.2, 0.25) is 0 Å². The van der Waals surface area contributed by atoms with Crippen molar-refractivity contribution in [3.05, 3.63) is 29.8 Å². The van der Waals surface area contributed by atoms with Gasteiger partial charge < -0.3 is 15.1 Å². The molecule has 1 saturated heterocycles. The maximum Gasteiger partial charge on any atom is 0.0412 e. The number of rotatable bonds is 4. The third kappa shape index (κ3) is 3.10. The summed E-state index contributed by atoms with van der Waals surface area (Å²) in [7, 11) is 2.22. The molecule has 0 aromatic heterocycles. The highest BCUT2D eigenvalue weighted by Crippen LogP contribution is 2.25. The maximum atomic E-state index is 3.64. The number of piperazine rings is 1. The summed E-state index contributed by atoms with van der Waals surface area (Å²) in [5.74, 6) is 0. The lowest BCUT2D eigenvalue weighted by molar-refractivity contribution is 0.234. The first-order valence-electron chi connectivity index (χ1n) is 7.50. The van der Waals surface area contributed by atoms with E-state index in [1.54, 1.807) is 0 Å². The van der Waals surface area contributed by atoms with Crippen LogP contribution in [0, 0.1) is 0 Å². The molecule has 2 aliphatic rings. The van der Waals surface area contributed by atoms with E-state index in [1.807, 2.05) is 0 Å². The van der Waals surface area contributed by atoms with Crippen LogP contribution in [-0.4, -0.2) is 43.7 Å². The highest BCUT2D eigenvalue weighted by Gasteiger charge is 2.23. The zero-order valence-corrected chi connectivity index (χ0v) is 12.1. The van der Waals surface area contributed by atoms with Gasteiger partial charge in [-0.2, -0.15) is 0 Å². The second-order valence-electron chi connectivity index (χ2n) is 6.06. The van der Waals surface area contributed by atoms with Gasteiger partial charge in [0.1, 0.15) is 0 Å². The van der Waals surface area contributed by atoms with E-state index in [1.165, 1.54) is 24.1 Å². The van der Waals surface area contributed by atoms with Gasteiger partial charge in [-0.3, -0.25) is 0 Å². The van der Waals surface area contributed by atoms with Gasteiger partial charge in [0.15, 0.2) is 0 Å². The number of hydrogen-bond donors (Lipinski definition) is 1. The van der Waals surface area contributed by atoms with Gasteiger partial charge in [0.05, 0.1) is 0 Å². The average Bonchev–Trinajstić information content (AvgIpc) is 3.24. The zero-order valence-electron chi connectivity index (χ0n) is 12.1. The molecule has 1 atom stereocenters. The highest BCUT2D eigenvalue weighted by atomic mass is 15.3. The molecule has 1 N–H and O–H groups in total. The fraction of sp³-hybridized carbons (Fsp3) is 0.625. The van der Waals surface area contributed by atoms with Gasteiger partial charge >= 0.3 is 0 Å². The molecule has 104 valence electrons. The number of benzene rings is 1. The number of para-hydroxylation sites is 1. The maximum absolute atomic E-state index is 3.64. The summed E-state index contributed by atoms with van der Waals surface area (Å²) in [5, 5.41) is 3.64. The zero-order chi connectivity index (χ0) is 13.2. The van der Waals surface area contributed by atoms with Crippen LogP contribution in [0.3, 0.4) is 0 Å². The lowest BCUT2D eigenvalue weighted by atomic mass is 10.1. The van der Waals surface area contributed by atoms with Crippen molar-refractivity contribution in [1.82, 2.24) is 10.2 Å². The first-order valence-corrected chi connectivity index (χ1v) is 7.50. The Hall–Kier alpha value is -1.06. The third-order valence-corrected chi connectivity index (χ3v) is 4.45.